The second kappa shape index (κ2) is 8.06. The van der Waals surface area contributed by atoms with Gasteiger partial charge in [0.1, 0.15) is 0 Å². The van der Waals surface area contributed by atoms with Crippen LogP contribution in [0.2, 0.25) is 0 Å². The van der Waals surface area contributed by atoms with Gasteiger partial charge in [-0.25, -0.2) is 0 Å². The molecule has 0 aromatic carbocycles. The fraction of sp³-hybridized carbons (Fsp3) is 0.833. The van der Waals surface area contributed by atoms with Crippen molar-refractivity contribution in [3.63, 3.8) is 0 Å². The summed E-state index contributed by atoms with van der Waals surface area (Å²) < 4.78 is 4.79. The van der Waals surface area contributed by atoms with Gasteiger partial charge in [-0.15, -0.1) is 0 Å². The van der Waals surface area contributed by atoms with Crippen LogP contribution in [0, 0.1) is 0 Å². The highest BCUT2D eigenvalue weighted by atomic mass is 16.5. The number of nitrogens with one attached hydrogen (secondary N) is 2. The predicted octanol–water partition coefficient (Wildman–Crippen LogP) is 0.588. The topological polar surface area (TPSA) is 67.4 Å². The molecule has 0 bridgehead atoms. The third kappa shape index (κ3) is 6.26. The summed E-state index contributed by atoms with van der Waals surface area (Å²) in [5, 5.41) is 6.10. The monoisotopic (exact) mass is 242 g/mol. The molecule has 0 spiro atoms. The normalized spacial score (nSPS) is 19.0. The standard InChI is InChI=1S/C12H22N2O3/c1-2-17-12(16)6-4-8-14-11(15)9-10-5-3-7-13-10/h10,13H,2-9H2,1H3,(H,14,15). The highest BCUT2D eigenvalue weighted by Crippen LogP contribution is 2.08. The third-order valence-corrected chi connectivity index (χ3v) is 2.78. The van der Waals surface area contributed by atoms with Gasteiger partial charge in [-0.05, 0) is 32.7 Å². The number of hydrogen-bond donors (Lipinski definition) is 2. The molecule has 0 radical (unpaired) electrons. The first-order chi connectivity index (χ1) is 8.22. The second-order valence-corrected chi connectivity index (χ2v) is 4.26. The molecule has 1 fully saturated rings. The Morgan fingerprint density at radius 2 is 2.29 bits per heavy atom. The van der Waals surface area contributed by atoms with E-state index in [0.717, 1.165) is 19.4 Å². The van der Waals surface area contributed by atoms with E-state index >= 15 is 0 Å². The van der Waals surface area contributed by atoms with E-state index < -0.39 is 0 Å². The molecule has 0 aromatic heterocycles. The van der Waals surface area contributed by atoms with E-state index in [1.165, 1.54) is 0 Å². The van der Waals surface area contributed by atoms with Crippen LogP contribution >= 0.6 is 0 Å². The van der Waals surface area contributed by atoms with Crippen molar-refractivity contribution in [2.75, 3.05) is 19.7 Å². The number of amides is 1. The van der Waals surface area contributed by atoms with Crippen molar-refractivity contribution in [3.8, 4) is 0 Å². The molecule has 1 unspecified atom stereocenters. The first kappa shape index (κ1) is 14.0. The maximum Gasteiger partial charge on any atom is 0.305 e. The molecule has 0 saturated carbocycles. The van der Waals surface area contributed by atoms with Crippen LogP contribution in [0.4, 0.5) is 0 Å². The minimum Gasteiger partial charge on any atom is -0.466 e. The Hall–Kier alpha value is -1.10. The van der Waals surface area contributed by atoms with Gasteiger partial charge in [0.25, 0.3) is 0 Å². The number of hydrogen-bond acceptors (Lipinski definition) is 4. The molecule has 98 valence electrons. The lowest BCUT2D eigenvalue weighted by atomic mass is 10.1. The number of rotatable bonds is 7. The van der Waals surface area contributed by atoms with Crippen LogP contribution in [0.15, 0.2) is 0 Å². The smallest absolute Gasteiger partial charge is 0.305 e. The number of carbonyl (C=O) groups excluding carboxylic acids is 2. The summed E-state index contributed by atoms with van der Waals surface area (Å²) in [6, 6.07) is 0.333. The van der Waals surface area contributed by atoms with Crippen LogP contribution in [0.25, 0.3) is 0 Å². The highest BCUT2D eigenvalue weighted by Gasteiger charge is 2.17. The van der Waals surface area contributed by atoms with Crippen LogP contribution in [0.1, 0.15) is 39.0 Å². The zero-order valence-corrected chi connectivity index (χ0v) is 10.5. The lowest BCUT2D eigenvalue weighted by Gasteiger charge is -2.10. The number of esters is 1. The Bertz CT molecular complexity index is 250. The molecule has 17 heavy (non-hydrogen) atoms. The Kier molecular flexibility index (Phi) is 6.62. The molecule has 1 aliphatic heterocycles. The number of carbonyl (C=O) groups is 2. The molecule has 0 aliphatic carbocycles. The van der Waals surface area contributed by atoms with Gasteiger partial charge in [-0.3, -0.25) is 9.59 Å². The van der Waals surface area contributed by atoms with Gasteiger partial charge >= 0.3 is 5.97 Å². The van der Waals surface area contributed by atoms with Gasteiger partial charge in [0.05, 0.1) is 6.61 Å². The van der Waals surface area contributed by atoms with Crippen molar-refractivity contribution in [3.05, 3.63) is 0 Å². The van der Waals surface area contributed by atoms with Gasteiger partial charge in [-0.1, -0.05) is 0 Å². The molecule has 1 atom stereocenters. The molecular formula is C12H22N2O3. The highest BCUT2D eigenvalue weighted by molar-refractivity contribution is 5.76. The van der Waals surface area contributed by atoms with Crippen LogP contribution < -0.4 is 10.6 Å². The molecule has 2 N–H and O–H groups in total. The quantitative estimate of drug-likeness (QED) is 0.506. The second-order valence-electron chi connectivity index (χ2n) is 4.26. The van der Waals surface area contributed by atoms with Crippen molar-refractivity contribution in [1.82, 2.24) is 10.6 Å². The SMILES string of the molecule is CCOC(=O)CCCNC(=O)CC1CCCN1. The minimum absolute atomic E-state index is 0.0632. The van der Waals surface area contributed by atoms with E-state index in [2.05, 4.69) is 10.6 Å². The van der Waals surface area contributed by atoms with E-state index in [4.69, 9.17) is 4.74 Å². The van der Waals surface area contributed by atoms with E-state index in [1.807, 2.05) is 0 Å². The molecule has 1 saturated heterocycles. The van der Waals surface area contributed by atoms with E-state index in [9.17, 15) is 9.59 Å². The van der Waals surface area contributed by atoms with E-state index in [0.29, 0.717) is 38.5 Å². The summed E-state index contributed by atoms with van der Waals surface area (Å²) in [5.74, 6) is -0.132. The fourth-order valence-corrected chi connectivity index (χ4v) is 1.92. The van der Waals surface area contributed by atoms with Crippen molar-refractivity contribution in [1.29, 1.82) is 0 Å². The Labute approximate surface area is 102 Å². The Morgan fingerprint density at radius 1 is 1.47 bits per heavy atom. The summed E-state index contributed by atoms with van der Waals surface area (Å²) >= 11 is 0. The first-order valence-corrected chi connectivity index (χ1v) is 6.38. The van der Waals surface area contributed by atoms with Crippen LogP contribution in [-0.2, 0) is 14.3 Å². The Morgan fingerprint density at radius 3 is 2.94 bits per heavy atom. The molecular weight excluding hydrogens is 220 g/mol. The summed E-state index contributed by atoms with van der Waals surface area (Å²) in [5.41, 5.74) is 0. The van der Waals surface area contributed by atoms with Gasteiger partial charge in [-0.2, -0.15) is 0 Å². The van der Waals surface area contributed by atoms with Crippen molar-refractivity contribution >= 4 is 11.9 Å². The lowest BCUT2D eigenvalue weighted by Crippen LogP contribution is -2.32. The fourth-order valence-electron chi connectivity index (χ4n) is 1.92. The molecule has 1 amide bonds. The average Bonchev–Trinajstić information content (AvgIpc) is 2.77. The van der Waals surface area contributed by atoms with Crippen molar-refractivity contribution in [2.45, 2.75) is 45.1 Å². The Balaban J connectivity index is 1.98. The zero-order chi connectivity index (χ0) is 12.5. The van der Waals surface area contributed by atoms with Crippen LogP contribution in [-0.4, -0.2) is 37.6 Å². The van der Waals surface area contributed by atoms with Gasteiger partial charge < -0.3 is 15.4 Å². The van der Waals surface area contributed by atoms with Gasteiger partial charge in [0.2, 0.25) is 5.91 Å². The van der Waals surface area contributed by atoms with Crippen LogP contribution in [0.5, 0.6) is 0 Å². The molecule has 1 aliphatic rings. The van der Waals surface area contributed by atoms with E-state index in [-0.39, 0.29) is 11.9 Å². The van der Waals surface area contributed by atoms with Gasteiger partial charge in [0.15, 0.2) is 0 Å². The lowest BCUT2D eigenvalue weighted by molar-refractivity contribution is -0.143. The summed E-state index contributed by atoms with van der Waals surface area (Å²) in [6.45, 7) is 3.76. The summed E-state index contributed by atoms with van der Waals surface area (Å²) in [7, 11) is 0. The maximum atomic E-state index is 11.5. The molecule has 1 rings (SSSR count). The first-order valence-electron chi connectivity index (χ1n) is 6.38. The van der Waals surface area contributed by atoms with Gasteiger partial charge in [0, 0.05) is 25.4 Å². The van der Waals surface area contributed by atoms with Crippen molar-refractivity contribution < 1.29 is 14.3 Å². The maximum absolute atomic E-state index is 11.5. The third-order valence-electron chi connectivity index (χ3n) is 2.78. The minimum atomic E-state index is -0.195. The largest absolute Gasteiger partial charge is 0.466 e. The summed E-state index contributed by atoms with van der Waals surface area (Å²) in [6.07, 6.45) is 3.79. The predicted molar refractivity (Wildman–Crippen MR) is 64.5 cm³/mol. The van der Waals surface area contributed by atoms with Crippen LogP contribution in [0.3, 0.4) is 0 Å². The molecule has 5 heteroatoms. The molecule has 5 nitrogen and oxygen atoms in total. The average molecular weight is 242 g/mol. The molecule has 0 aromatic rings. The number of ether oxygens (including phenoxy) is 1. The molecule has 1 heterocycles. The van der Waals surface area contributed by atoms with E-state index in [1.54, 1.807) is 6.92 Å². The zero-order valence-electron chi connectivity index (χ0n) is 10.5. The summed E-state index contributed by atoms with van der Waals surface area (Å²) in [4.78, 5) is 22.5. The van der Waals surface area contributed by atoms with Crippen molar-refractivity contribution in [2.24, 2.45) is 0 Å².